The Bertz CT molecular complexity index is 487. The molecule has 1 aliphatic heterocycles. The molecule has 0 bridgehead atoms. The molecule has 1 heterocycles. The topological polar surface area (TPSA) is 52.6 Å². The molecule has 1 aromatic carbocycles. The second-order valence-corrected chi connectivity index (χ2v) is 5.45. The number of anilines is 1. The maximum absolute atomic E-state index is 11.7. The summed E-state index contributed by atoms with van der Waals surface area (Å²) in [5.41, 5.74) is 3.02. The highest BCUT2D eigenvalue weighted by Gasteiger charge is 2.23. The summed E-state index contributed by atoms with van der Waals surface area (Å²) in [7, 11) is 0. The molecule has 0 radical (unpaired) electrons. The van der Waals surface area contributed by atoms with Crippen molar-refractivity contribution in [1.82, 2.24) is 5.32 Å². The third kappa shape index (κ3) is 3.02. The van der Waals surface area contributed by atoms with E-state index in [1.807, 2.05) is 36.9 Å². The molecule has 20 heavy (non-hydrogen) atoms. The number of hydrogen-bond donors (Lipinski definition) is 2. The molecule has 1 amide bonds. The van der Waals surface area contributed by atoms with Crippen molar-refractivity contribution in [3.8, 4) is 0 Å². The molecule has 4 heteroatoms. The summed E-state index contributed by atoms with van der Waals surface area (Å²) in [6, 6.07) is 5.98. The average Bonchev–Trinajstić information content (AvgIpc) is 2.45. The number of carbonyl (C=O) groups is 1. The highest BCUT2D eigenvalue weighted by molar-refractivity contribution is 5.92. The maximum atomic E-state index is 11.7. The van der Waals surface area contributed by atoms with Crippen LogP contribution in [0.2, 0.25) is 0 Å². The van der Waals surface area contributed by atoms with Gasteiger partial charge >= 0.3 is 0 Å². The zero-order valence-electron chi connectivity index (χ0n) is 12.5. The standard InChI is InChI=1S/C16H24N2O2/c1-4-17-11(2)16(20)14-8-7-13-6-5-9-18(12(3)19)15(13)10-14/h7-8,10-11,16-17,20H,4-6,9H2,1-3H3. The molecule has 2 atom stereocenters. The van der Waals surface area contributed by atoms with E-state index in [2.05, 4.69) is 5.32 Å². The Morgan fingerprint density at radius 1 is 1.50 bits per heavy atom. The molecular formula is C16H24N2O2. The number of likely N-dealkylation sites (N-methyl/N-ethyl adjacent to an activating group) is 1. The minimum absolute atomic E-state index is 0.00702. The van der Waals surface area contributed by atoms with E-state index in [0.717, 1.165) is 37.2 Å². The van der Waals surface area contributed by atoms with Crippen LogP contribution in [0.25, 0.3) is 0 Å². The molecule has 2 N–H and O–H groups in total. The van der Waals surface area contributed by atoms with Crippen LogP contribution in [-0.2, 0) is 11.2 Å². The van der Waals surface area contributed by atoms with Crippen LogP contribution in [0.1, 0.15) is 44.4 Å². The molecule has 0 aromatic heterocycles. The second-order valence-electron chi connectivity index (χ2n) is 5.45. The number of rotatable bonds is 4. The number of nitrogens with one attached hydrogen (secondary N) is 1. The number of aliphatic hydroxyl groups excluding tert-OH is 1. The van der Waals surface area contributed by atoms with E-state index in [0.29, 0.717) is 0 Å². The van der Waals surface area contributed by atoms with E-state index >= 15 is 0 Å². The molecule has 1 aliphatic rings. The van der Waals surface area contributed by atoms with Crippen LogP contribution in [0, 0.1) is 0 Å². The van der Waals surface area contributed by atoms with E-state index in [-0.39, 0.29) is 11.9 Å². The fourth-order valence-electron chi connectivity index (χ4n) is 2.82. The van der Waals surface area contributed by atoms with Crippen molar-refractivity contribution in [3.63, 3.8) is 0 Å². The molecule has 0 spiro atoms. The predicted octanol–water partition coefficient (Wildman–Crippen LogP) is 2.02. The largest absolute Gasteiger partial charge is 0.387 e. The molecule has 0 saturated carbocycles. The molecule has 2 rings (SSSR count). The molecule has 2 unspecified atom stereocenters. The summed E-state index contributed by atoms with van der Waals surface area (Å²) in [5.74, 6) is 0.0670. The van der Waals surface area contributed by atoms with Crippen LogP contribution in [0.4, 0.5) is 5.69 Å². The number of hydrogen-bond acceptors (Lipinski definition) is 3. The van der Waals surface area contributed by atoms with Crippen molar-refractivity contribution in [2.45, 2.75) is 45.8 Å². The van der Waals surface area contributed by atoms with Crippen LogP contribution < -0.4 is 10.2 Å². The van der Waals surface area contributed by atoms with E-state index in [4.69, 9.17) is 0 Å². The van der Waals surface area contributed by atoms with Gasteiger partial charge < -0.3 is 15.3 Å². The van der Waals surface area contributed by atoms with Gasteiger partial charge in [0.15, 0.2) is 0 Å². The van der Waals surface area contributed by atoms with E-state index in [1.165, 1.54) is 5.56 Å². The molecule has 110 valence electrons. The summed E-state index contributed by atoms with van der Waals surface area (Å²) < 4.78 is 0. The lowest BCUT2D eigenvalue weighted by atomic mass is 9.95. The van der Waals surface area contributed by atoms with E-state index < -0.39 is 6.10 Å². The Kier molecular flexibility index (Phi) is 4.78. The van der Waals surface area contributed by atoms with Gasteiger partial charge in [-0.05, 0) is 43.5 Å². The SMILES string of the molecule is CCNC(C)C(O)c1ccc2c(c1)N(C(C)=O)CCC2. The van der Waals surface area contributed by atoms with Gasteiger partial charge in [-0.3, -0.25) is 4.79 Å². The monoisotopic (exact) mass is 276 g/mol. The van der Waals surface area contributed by atoms with Crippen molar-refractivity contribution in [3.05, 3.63) is 29.3 Å². The van der Waals surface area contributed by atoms with Crippen LogP contribution in [0.3, 0.4) is 0 Å². The zero-order valence-corrected chi connectivity index (χ0v) is 12.5. The highest BCUT2D eigenvalue weighted by atomic mass is 16.3. The lowest BCUT2D eigenvalue weighted by molar-refractivity contribution is -0.116. The lowest BCUT2D eigenvalue weighted by Crippen LogP contribution is -2.34. The van der Waals surface area contributed by atoms with Crippen molar-refractivity contribution in [2.24, 2.45) is 0 Å². The summed E-state index contributed by atoms with van der Waals surface area (Å²) >= 11 is 0. The van der Waals surface area contributed by atoms with Gasteiger partial charge in [-0.25, -0.2) is 0 Å². The third-order valence-corrected chi connectivity index (χ3v) is 3.95. The highest BCUT2D eigenvalue weighted by Crippen LogP contribution is 2.31. The minimum Gasteiger partial charge on any atom is -0.387 e. The first kappa shape index (κ1) is 15.0. The van der Waals surface area contributed by atoms with E-state index in [9.17, 15) is 9.90 Å². The Balaban J connectivity index is 2.29. The fraction of sp³-hybridized carbons (Fsp3) is 0.562. The first-order valence-corrected chi connectivity index (χ1v) is 7.37. The normalized spacial score (nSPS) is 17.5. The number of amides is 1. The zero-order chi connectivity index (χ0) is 14.7. The lowest BCUT2D eigenvalue weighted by Gasteiger charge is -2.30. The summed E-state index contributed by atoms with van der Waals surface area (Å²) in [4.78, 5) is 13.5. The van der Waals surface area contributed by atoms with Gasteiger partial charge in [-0.15, -0.1) is 0 Å². The maximum Gasteiger partial charge on any atom is 0.223 e. The second kappa shape index (κ2) is 6.37. The molecule has 0 fully saturated rings. The van der Waals surface area contributed by atoms with Crippen LogP contribution in [-0.4, -0.2) is 30.1 Å². The van der Waals surface area contributed by atoms with Crippen molar-refractivity contribution in [2.75, 3.05) is 18.0 Å². The Hall–Kier alpha value is -1.39. The summed E-state index contributed by atoms with van der Waals surface area (Å²) in [5, 5.41) is 13.6. The Morgan fingerprint density at radius 3 is 2.90 bits per heavy atom. The molecule has 4 nitrogen and oxygen atoms in total. The van der Waals surface area contributed by atoms with Gasteiger partial charge in [0.2, 0.25) is 5.91 Å². The Morgan fingerprint density at radius 2 is 2.25 bits per heavy atom. The van der Waals surface area contributed by atoms with Crippen molar-refractivity contribution < 1.29 is 9.90 Å². The van der Waals surface area contributed by atoms with Crippen molar-refractivity contribution >= 4 is 11.6 Å². The number of fused-ring (bicyclic) bond motifs is 1. The van der Waals surface area contributed by atoms with Crippen LogP contribution in [0.5, 0.6) is 0 Å². The van der Waals surface area contributed by atoms with Gasteiger partial charge in [-0.1, -0.05) is 19.1 Å². The first-order chi connectivity index (χ1) is 9.54. The Labute approximate surface area is 120 Å². The molecule has 0 aliphatic carbocycles. The molecule has 1 aromatic rings. The third-order valence-electron chi connectivity index (χ3n) is 3.95. The summed E-state index contributed by atoms with van der Waals surface area (Å²) in [6.07, 6.45) is 1.44. The first-order valence-electron chi connectivity index (χ1n) is 7.37. The quantitative estimate of drug-likeness (QED) is 0.884. The van der Waals surface area contributed by atoms with Crippen LogP contribution in [0.15, 0.2) is 18.2 Å². The van der Waals surface area contributed by atoms with Crippen LogP contribution >= 0.6 is 0 Å². The summed E-state index contributed by atoms with van der Waals surface area (Å²) in [6.45, 7) is 7.18. The van der Waals surface area contributed by atoms with Crippen molar-refractivity contribution in [1.29, 1.82) is 0 Å². The predicted molar refractivity (Wildman–Crippen MR) is 80.9 cm³/mol. The van der Waals surface area contributed by atoms with Gasteiger partial charge in [0, 0.05) is 25.2 Å². The van der Waals surface area contributed by atoms with Gasteiger partial charge in [-0.2, -0.15) is 0 Å². The number of nitrogens with zero attached hydrogens (tertiary/aromatic N) is 1. The smallest absolute Gasteiger partial charge is 0.223 e. The number of aryl methyl sites for hydroxylation is 1. The number of benzene rings is 1. The average molecular weight is 276 g/mol. The fourth-order valence-corrected chi connectivity index (χ4v) is 2.82. The molecule has 0 saturated heterocycles. The molecular weight excluding hydrogens is 252 g/mol. The number of carbonyl (C=O) groups excluding carboxylic acids is 1. The number of aliphatic hydroxyl groups is 1. The van der Waals surface area contributed by atoms with Gasteiger partial charge in [0.25, 0.3) is 0 Å². The van der Waals surface area contributed by atoms with Gasteiger partial charge in [0.1, 0.15) is 0 Å². The van der Waals surface area contributed by atoms with Gasteiger partial charge in [0.05, 0.1) is 6.10 Å². The minimum atomic E-state index is -0.559. The van der Waals surface area contributed by atoms with E-state index in [1.54, 1.807) is 6.92 Å².